The van der Waals surface area contributed by atoms with E-state index in [1.165, 1.54) is 0 Å². The molecule has 0 aliphatic carbocycles. The van der Waals surface area contributed by atoms with Crippen LogP contribution in [-0.2, 0) is 4.79 Å². The number of halogens is 1. The highest BCUT2D eigenvalue weighted by Crippen LogP contribution is 2.13. The topological polar surface area (TPSA) is 74.6 Å². The number of amides is 2. The van der Waals surface area contributed by atoms with Crippen molar-refractivity contribution in [1.82, 2.24) is 15.5 Å². The van der Waals surface area contributed by atoms with E-state index in [1.54, 1.807) is 12.1 Å². The molecule has 0 aliphatic rings. The highest BCUT2D eigenvalue weighted by atomic mass is 79.9. The Morgan fingerprint density at radius 2 is 1.90 bits per heavy atom. The maximum absolute atomic E-state index is 11.7. The van der Waals surface area contributed by atoms with Crippen LogP contribution >= 0.6 is 15.9 Å². The summed E-state index contributed by atoms with van der Waals surface area (Å²) in [5, 5.41) is 5.48. The normalized spacial score (nSPS) is 10.7. The highest BCUT2D eigenvalue weighted by molar-refractivity contribution is 9.10. The van der Waals surface area contributed by atoms with Crippen molar-refractivity contribution < 1.29 is 14.0 Å². The molecule has 0 atom stereocenters. The van der Waals surface area contributed by atoms with Crippen LogP contribution < -0.4 is 10.6 Å². The van der Waals surface area contributed by atoms with Gasteiger partial charge < -0.3 is 20.0 Å². The Morgan fingerprint density at radius 1 is 1.19 bits per heavy atom. The first kappa shape index (κ1) is 17.7. The molecule has 0 fully saturated rings. The molecular weight excluding hydrogens is 338 g/mol. The lowest BCUT2D eigenvalue weighted by atomic mass is 10.3. The van der Waals surface area contributed by atoms with Crippen molar-refractivity contribution in [3.8, 4) is 0 Å². The lowest BCUT2D eigenvalue weighted by Crippen LogP contribution is -2.36. The molecule has 1 aromatic rings. The smallest absolute Gasteiger partial charge is 0.287 e. The third-order valence-electron chi connectivity index (χ3n) is 3.08. The summed E-state index contributed by atoms with van der Waals surface area (Å²) in [5.41, 5.74) is 0. The van der Waals surface area contributed by atoms with E-state index >= 15 is 0 Å². The third kappa shape index (κ3) is 6.77. The first-order valence-corrected chi connectivity index (χ1v) is 7.88. The van der Waals surface area contributed by atoms with Gasteiger partial charge in [-0.05, 0) is 41.2 Å². The molecule has 0 saturated carbocycles. The van der Waals surface area contributed by atoms with Gasteiger partial charge in [-0.1, -0.05) is 13.8 Å². The van der Waals surface area contributed by atoms with Crippen molar-refractivity contribution in [2.45, 2.75) is 20.3 Å². The zero-order valence-corrected chi connectivity index (χ0v) is 14.0. The minimum Gasteiger partial charge on any atom is -0.444 e. The Kier molecular flexibility index (Phi) is 8.07. The van der Waals surface area contributed by atoms with Gasteiger partial charge in [0.15, 0.2) is 10.4 Å². The molecule has 0 unspecified atom stereocenters. The summed E-state index contributed by atoms with van der Waals surface area (Å²) in [7, 11) is 0. The Labute approximate surface area is 133 Å². The molecule has 118 valence electrons. The van der Waals surface area contributed by atoms with E-state index in [1.807, 2.05) is 0 Å². The number of hydrogen-bond donors (Lipinski definition) is 2. The number of nitrogens with one attached hydrogen (secondary N) is 2. The summed E-state index contributed by atoms with van der Waals surface area (Å²) < 4.78 is 5.62. The number of nitrogens with zero attached hydrogens (tertiary/aromatic N) is 1. The first-order valence-electron chi connectivity index (χ1n) is 7.09. The van der Waals surface area contributed by atoms with Crippen LogP contribution in [0.5, 0.6) is 0 Å². The SMILES string of the molecule is CCN(CC)CCNC(=O)CCNC(=O)c1ccc(Br)o1. The number of carbonyl (C=O) groups excluding carboxylic acids is 2. The largest absolute Gasteiger partial charge is 0.444 e. The summed E-state index contributed by atoms with van der Waals surface area (Å²) in [5.74, 6) is -0.163. The fourth-order valence-electron chi connectivity index (χ4n) is 1.79. The van der Waals surface area contributed by atoms with Gasteiger partial charge in [0.25, 0.3) is 5.91 Å². The van der Waals surface area contributed by atoms with Gasteiger partial charge in [0.1, 0.15) is 0 Å². The Hall–Kier alpha value is -1.34. The molecule has 7 heteroatoms. The van der Waals surface area contributed by atoms with Crippen LogP contribution in [0.25, 0.3) is 0 Å². The zero-order chi connectivity index (χ0) is 15.7. The van der Waals surface area contributed by atoms with E-state index in [9.17, 15) is 9.59 Å². The number of carbonyl (C=O) groups is 2. The van der Waals surface area contributed by atoms with Crippen molar-refractivity contribution >= 4 is 27.7 Å². The molecule has 0 bridgehead atoms. The monoisotopic (exact) mass is 359 g/mol. The first-order chi connectivity index (χ1) is 10.1. The van der Waals surface area contributed by atoms with E-state index in [-0.39, 0.29) is 30.5 Å². The van der Waals surface area contributed by atoms with Gasteiger partial charge in [0.05, 0.1) is 0 Å². The van der Waals surface area contributed by atoms with E-state index in [0.29, 0.717) is 11.2 Å². The summed E-state index contributed by atoms with van der Waals surface area (Å²) in [6.45, 7) is 7.88. The van der Waals surface area contributed by atoms with Crippen LogP contribution in [0.15, 0.2) is 21.2 Å². The second-order valence-corrected chi connectivity index (χ2v) is 5.27. The molecule has 2 N–H and O–H groups in total. The van der Waals surface area contributed by atoms with Crippen molar-refractivity contribution in [3.05, 3.63) is 22.6 Å². The predicted octanol–water partition coefficient (Wildman–Crippen LogP) is 1.62. The zero-order valence-electron chi connectivity index (χ0n) is 12.4. The molecular formula is C14H22BrN3O3. The van der Waals surface area contributed by atoms with E-state index in [0.717, 1.165) is 19.6 Å². The molecule has 0 radical (unpaired) electrons. The maximum atomic E-state index is 11.7. The van der Waals surface area contributed by atoms with E-state index in [4.69, 9.17) is 4.42 Å². The molecule has 21 heavy (non-hydrogen) atoms. The number of hydrogen-bond acceptors (Lipinski definition) is 4. The van der Waals surface area contributed by atoms with Gasteiger partial charge in [-0.25, -0.2) is 0 Å². The molecule has 1 aromatic heterocycles. The molecule has 1 rings (SSSR count). The minimum absolute atomic E-state index is 0.0666. The number of furan rings is 1. The summed E-state index contributed by atoms with van der Waals surface area (Å²) in [4.78, 5) is 25.5. The van der Waals surface area contributed by atoms with Gasteiger partial charge in [-0.3, -0.25) is 9.59 Å². The second kappa shape index (κ2) is 9.57. The quantitative estimate of drug-likeness (QED) is 0.702. The summed E-state index contributed by atoms with van der Waals surface area (Å²) in [6, 6.07) is 3.22. The maximum Gasteiger partial charge on any atom is 0.287 e. The van der Waals surface area contributed by atoms with E-state index in [2.05, 4.69) is 45.3 Å². The van der Waals surface area contributed by atoms with Crippen LogP contribution in [0.4, 0.5) is 0 Å². The highest BCUT2D eigenvalue weighted by Gasteiger charge is 2.10. The van der Waals surface area contributed by atoms with Crippen LogP contribution in [0.2, 0.25) is 0 Å². The molecule has 0 spiro atoms. The van der Waals surface area contributed by atoms with Crippen molar-refractivity contribution in [1.29, 1.82) is 0 Å². The third-order valence-corrected chi connectivity index (χ3v) is 3.51. The van der Waals surface area contributed by atoms with Gasteiger partial charge in [-0.15, -0.1) is 0 Å². The lowest BCUT2D eigenvalue weighted by molar-refractivity contribution is -0.121. The summed E-state index contributed by atoms with van der Waals surface area (Å²) >= 11 is 3.13. The fraction of sp³-hybridized carbons (Fsp3) is 0.571. The molecule has 6 nitrogen and oxygen atoms in total. The standard InChI is InChI=1S/C14H22BrN3O3/c1-3-18(4-2)10-9-16-13(19)7-8-17-14(20)11-5-6-12(15)21-11/h5-6H,3-4,7-10H2,1-2H3,(H,16,19)(H,17,20). The average molecular weight is 360 g/mol. The van der Waals surface area contributed by atoms with Crippen LogP contribution in [0.3, 0.4) is 0 Å². The number of rotatable bonds is 9. The Morgan fingerprint density at radius 3 is 2.48 bits per heavy atom. The summed E-state index contributed by atoms with van der Waals surface area (Å²) in [6.07, 6.45) is 0.256. The van der Waals surface area contributed by atoms with Crippen molar-refractivity contribution in [2.24, 2.45) is 0 Å². The molecule has 0 saturated heterocycles. The molecule has 0 aliphatic heterocycles. The molecule has 2 amide bonds. The van der Waals surface area contributed by atoms with Gasteiger partial charge in [0.2, 0.25) is 5.91 Å². The van der Waals surface area contributed by atoms with E-state index < -0.39 is 0 Å². The van der Waals surface area contributed by atoms with Crippen LogP contribution in [0, 0.1) is 0 Å². The molecule has 0 aromatic carbocycles. The van der Waals surface area contributed by atoms with Crippen LogP contribution in [-0.4, -0.2) is 49.4 Å². The van der Waals surface area contributed by atoms with Gasteiger partial charge in [-0.2, -0.15) is 0 Å². The second-order valence-electron chi connectivity index (χ2n) is 4.49. The van der Waals surface area contributed by atoms with Crippen LogP contribution in [0.1, 0.15) is 30.8 Å². The lowest BCUT2D eigenvalue weighted by Gasteiger charge is -2.17. The Balaban J connectivity index is 2.14. The van der Waals surface area contributed by atoms with Gasteiger partial charge in [0, 0.05) is 26.1 Å². The number of likely N-dealkylation sites (N-methyl/N-ethyl adjacent to an activating group) is 1. The minimum atomic E-state index is -0.323. The van der Waals surface area contributed by atoms with Gasteiger partial charge >= 0.3 is 0 Å². The predicted molar refractivity (Wildman–Crippen MR) is 84.2 cm³/mol. The average Bonchev–Trinajstić information content (AvgIpc) is 2.90. The fourth-order valence-corrected chi connectivity index (χ4v) is 2.10. The Bertz CT molecular complexity index is 458. The van der Waals surface area contributed by atoms with Crippen molar-refractivity contribution in [3.63, 3.8) is 0 Å². The molecule has 1 heterocycles. The van der Waals surface area contributed by atoms with Crippen molar-refractivity contribution in [2.75, 3.05) is 32.7 Å².